The number of hydrogen-bond acceptors (Lipinski definition) is 13. The number of rotatable bonds is 5. The maximum atomic E-state index is 13.7. The summed E-state index contributed by atoms with van der Waals surface area (Å²) in [5, 5.41) is 9.56. The minimum atomic E-state index is -1.29. The third-order valence-corrected chi connectivity index (χ3v) is 5.20. The molecule has 0 aliphatic carbocycles. The first-order valence-electron chi connectivity index (χ1n) is 15.5. The number of amides is 4. The average Bonchev–Trinajstić information content (AvgIpc) is 2.79. The molecule has 2 aromatic rings. The van der Waals surface area contributed by atoms with E-state index in [1.165, 1.54) is 0 Å². The zero-order valence-corrected chi connectivity index (χ0v) is 31.1. The fourth-order valence-corrected chi connectivity index (χ4v) is 3.77. The molecule has 2 rings (SSSR count). The van der Waals surface area contributed by atoms with Crippen LogP contribution < -0.4 is 14.5 Å². The predicted molar refractivity (Wildman–Crippen MR) is 179 cm³/mol. The Morgan fingerprint density at radius 1 is 0.612 bits per heavy atom. The SMILES string of the molecule is CC(C)(C)OC(=O)N(C(=O)OC(C)(C)C)c1nc(OC(C)(C)C)c2c(N(C(=O)OC(C)(C)C)C(=O)OC(C)(C)C)ncc(CC(=O)O)c2n1. The predicted octanol–water partition coefficient (Wildman–Crippen LogP) is 7.18. The Balaban J connectivity index is 3.19. The summed E-state index contributed by atoms with van der Waals surface area (Å²) in [4.78, 5) is 80.5. The van der Waals surface area contributed by atoms with Crippen molar-refractivity contribution in [1.29, 1.82) is 0 Å². The first-order valence-corrected chi connectivity index (χ1v) is 15.5. The van der Waals surface area contributed by atoms with Crippen LogP contribution in [-0.2, 0) is 30.2 Å². The fraction of sp³-hybridized carbons (Fsp3) is 0.636. The van der Waals surface area contributed by atoms with Gasteiger partial charge in [0.1, 0.15) is 33.4 Å². The van der Waals surface area contributed by atoms with Crippen molar-refractivity contribution in [3.63, 3.8) is 0 Å². The molecule has 0 aliphatic rings. The number of ether oxygens (including phenoxy) is 5. The Labute approximate surface area is 286 Å². The maximum absolute atomic E-state index is 13.7. The van der Waals surface area contributed by atoms with Crippen LogP contribution in [0.3, 0.4) is 0 Å². The highest BCUT2D eigenvalue weighted by Gasteiger charge is 2.39. The van der Waals surface area contributed by atoms with Gasteiger partial charge in [-0.3, -0.25) is 4.79 Å². The molecule has 0 radical (unpaired) electrons. The van der Waals surface area contributed by atoms with E-state index in [1.54, 1.807) is 104 Å². The summed E-state index contributed by atoms with van der Waals surface area (Å²) in [5.41, 5.74) is -5.62. The van der Waals surface area contributed by atoms with E-state index in [0.29, 0.717) is 9.80 Å². The molecule has 0 spiro atoms. The second-order valence-electron chi connectivity index (χ2n) is 16.0. The molecular formula is C33H49N5O11. The second-order valence-corrected chi connectivity index (χ2v) is 16.0. The molecule has 0 unspecified atom stereocenters. The monoisotopic (exact) mass is 691 g/mol. The Morgan fingerprint density at radius 3 is 1.35 bits per heavy atom. The lowest BCUT2D eigenvalue weighted by atomic mass is 10.1. The first kappa shape index (κ1) is 40.4. The number of imide groups is 2. The maximum Gasteiger partial charge on any atom is 0.427 e. The number of carbonyl (C=O) groups is 5. The lowest BCUT2D eigenvalue weighted by Crippen LogP contribution is -2.45. The van der Waals surface area contributed by atoms with Gasteiger partial charge in [0.15, 0.2) is 5.82 Å². The molecule has 0 bridgehead atoms. The van der Waals surface area contributed by atoms with Crippen LogP contribution >= 0.6 is 0 Å². The minimum absolute atomic E-state index is 0.0460. The van der Waals surface area contributed by atoms with E-state index in [1.807, 2.05) is 0 Å². The highest BCUT2D eigenvalue weighted by Crippen LogP contribution is 2.38. The molecule has 0 atom stereocenters. The lowest BCUT2D eigenvalue weighted by molar-refractivity contribution is -0.136. The van der Waals surface area contributed by atoms with Gasteiger partial charge in [-0.1, -0.05) is 0 Å². The number of carboxylic acid groups (broad SMARTS) is 1. The number of anilines is 2. The van der Waals surface area contributed by atoms with Crippen molar-refractivity contribution in [1.82, 2.24) is 15.0 Å². The molecule has 2 aromatic heterocycles. The molecule has 0 aliphatic heterocycles. The zero-order chi connectivity index (χ0) is 38.1. The van der Waals surface area contributed by atoms with E-state index in [0.717, 1.165) is 6.20 Å². The Kier molecular flexibility index (Phi) is 11.5. The summed E-state index contributed by atoms with van der Waals surface area (Å²) in [6, 6.07) is 0. The van der Waals surface area contributed by atoms with Gasteiger partial charge in [-0.2, -0.15) is 9.88 Å². The lowest BCUT2D eigenvalue weighted by Gasteiger charge is -2.30. The van der Waals surface area contributed by atoms with Gasteiger partial charge in [-0.25, -0.2) is 29.1 Å². The van der Waals surface area contributed by atoms with Crippen LogP contribution in [0, 0.1) is 0 Å². The normalized spacial score (nSPS) is 12.6. The summed E-state index contributed by atoms with van der Waals surface area (Å²) in [5.74, 6) is -2.71. The van der Waals surface area contributed by atoms with Crippen molar-refractivity contribution < 1.29 is 52.8 Å². The van der Waals surface area contributed by atoms with E-state index in [-0.39, 0.29) is 22.3 Å². The topological polar surface area (TPSA) is 197 Å². The van der Waals surface area contributed by atoms with Crippen LogP contribution in [0.1, 0.15) is 109 Å². The van der Waals surface area contributed by atoms with Crippen molar-refractivity contribution in [3.05, 3.63) is 11.8 Å². The van der Waals surface area contributed by atoms with Crippen molar-refractivity contribution in [3.8, 4) is 5.88 Å². The van der Waals surface area contributed by atoms with Crippen molar-refractivity contribution >= 4 is 53.0 Å². The number of aliphatic carboxylic acids is 1. The number of pyridine rings is 1. The smallest absolute Gasteiger partial charge is 0.427 e. The largest absolute Gasteiger partial charge is 0.481 e. The van der Waals surface area contributed by atoms with Crippen LogP contribution in [0.15, 0.2) is 6.20 Å². The molecule has 0 aromatic carbocycles. The summed E-state index contributed by atoms with van der Waals surface area (Å²) >= 11 is 0. The first-order chi connectivity index (χ1) is 21.9. The fourth-order valence-electron chi connectivity index (χ4n) is 3.77. The van der Waals surface area contributed by atoms with Gasteiger partial charge in [0, 0.05) is 11.8 Å². The van der Waals surface area contributed by atoms with Crippen LogP contribution in [0.25, 0.3) is 10.9 Å². The Hall–Kier alpha value is -4.76. The van der Waals surface area contributed by atoms with Crippen LogP contribution in [0.2, 0.25) is 0 Å². The van der Waals surface area contributed by atoms with Gasteiger partial charge in [0.05, 0.1) is 11.9 Å². The van der Waals surface area contributed by atoms with Crippen LogP contribution in [-0.4, -0.2) is 78.4 Å². The van der Waals surface area contributed by atoms with Crippen molar-refractivity contribution in [2.45, 2.75) is 138 Å². The van der Waals surface area contributed by atoms with Gasteiger partial charge < -0.3 is 28.8 Å². The van der Waals surface area contributed by atoms with E-state index in [9.17, 15) is 29.1 Å². The summed E-state index contributed by atoms with van der Waals surface area (Å²) < 4.78 is 28.2. The molecule has 49 heavy (non-hydrogen) atoms. The molecule has 2 heterocycles. The molecule has 272 valence electrons. The van der Waals surface area contributed by atoms with Gasteiger partial charge in [0.2, 0.25) is 11.8 Å². The summed E-state index contributed by atoms with van der Waals surface area (Å²) in [6.07, 6.45) is -4.36. The number of nitrogens with zero attached hydrogens (tertiary/aromatic N) is 5. The third-order valence-electron chi connectivity index (χ3n) is 5.20. The number of hydrogen-bond donors (Lipinski definition) is 1. The molecule has 0 saturated carbocycles. The minimum Gasteiger partial charge on any atom is -0.481 e. The van der Waals surface area contributed by atoms with Crippen molar-refractivity contribution in [2.24, 2.45) is 0 Å². The van der Waals surface area contributed by atoms with Crippen molar-refractivity contribution in [2.75, 3.05) is 9.80 Å². The molecular weight excluding hydrogens is 642 g/mol. The zero-order valence-electron chi connectivity index (χ0n) is 31.1. The molecule has 4 amide bonds. The highest BCUT2D eigenvalue weighted by molar-refractivity contribution is 6.15. The van der Waals surface area contributed by atoms with E-state index in [2.05, 4.69) is 15.0 Å². The summed E-state index contributed by atoms with van der Waals surface area (Å²) in [6.45, 7) is 24.0. The Bertz CT molecular complexity index is 1550. The molecule has 16 heteroatoms. The number of carboxylic acids is 1. The van der Waals surface area contributed by atoms with Crippen LogP contribution in [0.4, 0.5) is 30.9 Å². The second kappa shape index (κ2) is 14.0. The number of carbonyl (C=O) groups excluding carboxylic acids is 4. The van der Waals surface area contributed by atoms with E-state index in [4.69, 9.17) is 23.7 Å². The van der Waals surface area contributed by atoms with Gasteiger partial charge in [-0.05, 0) is 104 Å². The van der Waals surface area contributed by atoms with E-state index >= 15 is 0 Å². The molecule has 1 N–H and O–H groups in total. The van der Waals surface area contributed by atoms with Crippen LogP contribution in [0.5, 0.6) is 5.88 Å². The standard InChI is InChI=1S/C33H49N5O11/c1-29(2,3)45-23-20-21(35-24(36-23)38(27(43)48-32(10,11)12)28(44)49-33(13,14)15)18(16-19(39)40)17-34-22(20)37(25(41)46-30(4,5)6)26(42)47-31(7,8)9/h17H,16H2,1-15H3,(H,39,40). The quantitative estimate of drug-likeness (QED) is 0.309. The van der Waals surface area contributed by atoms with Gasteiger partial charge in [-0.15, -0.1) is 4.90 Å². The Morgan fingerprint density at radius 2 is 1.00 bits per heavy atom. The number of fused-ring (bicyclic) bond motifs is 1. The molecule has 16 nitrogen and oxygen atoms in total. The molecule has 0 fully saturated rings. The average molecular weight is 692 g/mol. The number of aromatic nitrogens is 3. The van der Waals surface area contributed by atoms with E-state index < -0.39 is 76.5 Å². The third kappa shape index (κ3) is 12.3. The van der Waals surface area contributed by atoms with Gasteiger partial charge in [0.25, 0.3) is 0 Å². The molecule has 0 saturated heterocycles. The summed E-state index contributed by atoms with van der Waals surface area (Å²) in [7, 11) is 0. The van der Waals surface area contributed by atoms with Gasteiger partial charge >= 0.3 is 30.3 Å². The highest BCUT2D eigenvalue weighted by atomic mass is 16.6.